The maximum Gasteiger partial charge on any atom is 0.282 e. The minimum Gasteiger partial charge on any atom is -0.493 e. The zero-order valence-electron chi connectivity index (χ0n) is 16.2. The summed E-state index contributed by atoms with van der Waals surface area (Å²) in [6, 6.07) is 11.4. The molecule has 3 aromatic rings. The van der Waals surface area contributed by atoms with E-state index in [4.69, 9.17) is 9.47 Å². The fourth-order valence-corrected chi connectivity index (χ4v) is 2.84. The third-order valence-electron chi connectivity index (χ3n) is 4.44. The predicted molar refractivity (Wildman–Crippen MR) is 107 cm³/mol. The standard InChI is InChI=1S/C21H23N3O3/c1-13(2)16-8-6-15(7-9-16)12-22-24-14(3)23-18-11-20(27-5)19(26-4)10-17(18)21(24)25/h6-13H,1-5H3. The molecule has 0 bridgehead atoms. The van der Waals surface area contributed by atoms with Gasteiger partial charge in [-0.05, 0) is 30.0 Å². The maximum atomic E-state index is 12.9. The normalized spacial score (nSPS) is 11.5. The number of fused-ring (bicyclic) bond motifs is 1. The van der Waals surface area contributed by atoms with E-state index < -0.39 is 0 Å². The fourth-order valence-electron chi connectivity index (χ4n) is 2.84. The number of ether oxygens (including phenoxy) is 2. The van der Waals surface area contributed by atoms with Crippen LogP contribution in [0.2, 0.25) is 0 Å². The first-order valence-corrected chi connectivity index (χ1v) is 8.74. The van der Waals surface area contributed by atoms with Gasteiger partial charge in [-0.15, -0.1) is 0 Å². The minimum atomic E-state index is -0.256. The Balaban J connectivity index is 2.05. The van der Waals surface area contributed by atoms with Crippen LogP contribution in [0.25, 0.3) is 10.9 Å². The van der Waals surface area contributed by atoms with Crippen LogP contribution >= 0.6 is 0 Å². The quantitative estimate of drug-likeness (QED) is 0.646. The fraction of sp³-hybridized carbons (Fsp3) is 0.286. The lowest BCUT2D eigenvalue weighted by atomic mass is 10.0. The smallest absolute Gasteiger partial charge is 0.282 e. The lowest BCUT2D eigenvalue weighted by Crippen LogP contribution is -2.20. The number of hydrogen-bond acceptors (Lipinski definition) is 5. The Labute approximate surface area is 158 Å². The van der Waals surface area contributed by atoms with Crippen molar-refractivity contribution in [2.24, 2.45) is 5.10 Å². The van der Waals surface area contributed by atoms with Gasteiger partial charge in [-0.3, -0.25) is 4.79 Å². The summed E-state index contributed by atoms with van der Waals surface area (Å²) < 4.78 is 11.9. The summed E-state index contributed by atoms with van der Waals surface area (Å²) in [6.07, 6.45) is 1.66. The van der Waals surface area contributed by atoms with E-state index in [-0.39, 0.29) is 5.56 Å². The number of nitrogens with zero attached hydrogens (tertiary/aromatic N) is 3. The second kappa shape index (κ2) is 7.61. The van der Waals surface area contributed by atoms with Gasteiger partial charge in [0.25, 0.3) is 5.56 Å². The van der Waals surface area contributed by atoms with Gasteiger partial charge in [0.2, 0.25) is 0 Å². The molecule has 140 valence electrons. The lowest BCUT2D eigenvalue weighted by Gasteiger charge is -2.10. The molecule has 0 radical (unpaired) electrons. The molecule has 1 heterocycles. The van der Waals surface area contributed by atoms with Gasteiger partial charge in [0.15, 0.2) is 11.5 Å². The molecule has 0 aliphatic rings. The first-order chi connectivity index (χ1) is 12.9. The Morgan fingerprint density at radius 3 is 2.30 bits per heavy atom. The molecule has 0 unspecified atom stereocenters. The van der Waals surface area contributed by atoms with Gasteiger partial charge < -0.3 is 9.47 Å². The summed E-state index contributed by atoms with van der Waals surface area (Å²) in [6.45, 7) is 6.04. The third kappa shape index (κ3) is 3.69. The highest BCUT2D eigenvalue weighted by Gasteiger charge is 2.13. The molecule has 1 aromatic heterocycles. The molecule has 0 saturated carbocycles. The van der Waals surface area contributed by atoms with Crippen LogP contribution in [0, 0.1) is 6.92 Å². The largest absolute Gasteiger partial charge is 0.493 e. The Hall–Kier alpha value is -3.15. The zero-order valence-corrected chi connectivity index (χ0v) is 16.2. The van der Waals surface area contributed by atoms with E-state index in [0.29, 0.717) is 34.1 Å². The minimum absolute atomic E-state index is 0.256. The number of benzene rings is 2. The van der Waals surface area contributed by atoms with Gasteiger partial charge in [0.05, 0.1) is 31.3 Å². The van der Waals surface area contributed by atoms with Crippen molar-refractivity contribution in [3.05, 3.63) is 63.7 Å². The molecule has 2 aromatic carbocycles. The van der Waals surface area contributed by atoms with Crippen LogP contribution in [0.4, 0.5) is 0 Å². The molecule has 0 aliphatic carbocycles. The molecular formula is C21H23N3O3. The highest BCUT2D eigenvalue weighted by atomic mass is 16.5. The second-order valence-electron chi connectivity index (χ2n) is 6.57. The number of hydrogen-bond donors (Lipinski definition) is 0. The van der Waals surface area contributed by atoms with Gasteiger partial charge in [-0.2, -0.15) is 9.78 Å². The van der Waals surface area contributed by atoms with Crippen molar-refractivity contribution in [1.29, 1.82) is 0 Å². The molecular weight excluding hydrogens is 342 g/mol. The predicted octanol–water partition coefficient (Wildman–Crippen LogP) is 3.73. The van der Waals surface area contributed by atoms with Crippen molar-refractivity contribution in [2.75, 3.05) is 14.2 Å². The molecule has 27 heavy (non-hydrogen) atoms. The molecule has 6 nitrogen and oxygen atoms in total. The van der Waals surface area contributed by atoms with Crippen LogP contribution in [-0.4, -0.2) is 30.1 Å². The highest BCUT2D eigenvalue weighted by molar-refractivity contribution is 5.82. The molecule has 6 heteroatoms. The molecule has 0 fully saturated rings. The molecule has 0 spiro atoms. The summed E-state index contributed by atoms with van der Waals surface area (Å²) in [4.78, 5) is 17.4. The zero-order chi connectivity index (χ0) is 19.6. The van der Waals surface area contributed by atoms with E-state index in [1.807, 2.05) is 12.1 Å². The van der Waals surface area contributed by atoms with Crippen LogP contribution in [0.3, 0.4) is 0 Å². The average Bonchev–Trinajstić information content (AvgIpc) is 2.67. The van der Waals surface area contributed by atoms with Crippen LogP contribution in [0.5, 0.6) is 11.5 Å². The first kappa shape index (κ1) is 18.6. The number of rotatable bonds is 5. The Bertz CT molecular complexity index is 1050. The molecule has 0 aliphatic heterocycles. The number of aryl methyl sites for hydroxylation is 1. The molecule has 0 atom stereocenters. The van der Waals surface area contributed by atoms with E-state index in [1.165, 1.54) is 17.3 Å². The van der Waals surface area contributed by atoms with E-state index in [0.717, 1.165) is 5.56 Å². The van der Waals surface area contributed by atoms with Gasteiger partial charge in [0.1, 0.15) is 5.82 Å². The molecule has 0 saturated heterocycles. The van der Waals surface area contributed by atoms with E-state index in [1.54, 1.807) is 32.4 Å². The maximum absolute atomic E-state index is 12.9. The molecule has 3 rings (SSSR count). The number of aromatic nitrogens is 2. The summed E-state index contributed by atoms with van der Waals surface area (Å²) in [5, 5.41) is 4.76. The van der Waals surface area contributed by atoms with Crippen LogP contribution < -0.4 is 15.0 Å². The second-order valence-corrected chi connectivity index (χ2v) is 6.57. The molecule has 0 amide bonds. The Morgan fingerprint density at radius 1 is 1.07 bits per heavy atom. The van der Waals surface area contributed by atoms with E-state index in [2.05, 4.69) is 36.1 Å². The number of methoxy groups -OCH3 is 2. The summed E-state index contributed by atoms with van der Waals surface area (Å²) in [7, 11) is 3.08. The van der Waals surface area contributed by atoms with Gasteiger partial charge in [-0.25, -0.2) is 4.98 Å². The van der Waals surface area contributed by atoms with Crippen molar-refractivity contribution in [3.8, 4) is 11.5 Å². The van der Waals surface area contributed by atoms with E-state index in [9.17, 15) is 4.79 Å². The van der Waals surface area contributed by atoms with Gasteiger partial charge in [-0.1, -0.05) is 38.1 Å². The lowest BCUT2D eigenvalue weighted by molar-refractivity contribution is 0.355. The summed E-state index contributed by atoms with van der Waals surface area (Å²) in [5.74, 6) is 1.97. The van der Waals surface area contributed by atoms with Crippen molar-refractivity contribution >= 4 is 17.1 Å². The first-order valence-electron chi connectivity index (χ1n) is 8.74. The Morgan fingerprint density at radius 2 is 1.70 bits per heavy atom. The van der Waals surface area contributed by atoms with Crippen LogP contribution in [0.1, 0.15) is 36.7 Å². The van der Waals surface area contributed by atoms with Crippen molar-refractivity contribution in [3.63, 3.8) is 0 Å². The molecule has 0 N–H and O–H groups in total. The van der Waals surface area contributed by atoms with Crippen LogP contribution in [0.15, 0.2) is 46.3 Å². The van der Waals surface area contributed by atoms with Crippen molar-refractivity contribution in [1.82, 2.24) is 9.66 Å². The van der Waals surface area contributed by atoms with Gasteiger partial charge in [0, 0.05) is 6.07 Å². The van der Waals surface area contributed by atoms with Crippen LogP contribution in [-0.2, 0) is 0 Å². The summed E-state index contributed by atoms with van der Waals surface area (Å²) in [5.41, 5.74) is 2.46. The van der Waals surface area contributed by atoms with Crippen molar-refractivity contribution in [2.45, 2.75) is 26.7 Å². The third-order valence-corrected chi connectivity index (χ3v) is 4.44. The Kier molecular flexibility index (Phi) is 5.26. The summed E-state index contributed by atoms with van der Waals surface area (Å²) >= 11 is 0. The average molecular weight is 365 g/mol. The van der Waals surface area contributed by atoms with Gasteiger partial charge >= 0.3 is 0 Å². The van der Waals surface area contributed by atoms with Crippen molar-refractivity contribution < 1.29 is 9.47 Å². The monoisotopic (exact) mass is 365 g/mol. The van der Waals surface area contributed by atoms with E-state index >= 15 is 0 Å². The SMILES string of the molecule is COc1cc2nc(C)n(N=Cc3ccc(C(C)C)cc3)c(=O)c2cc1OC. The highest BCUT2D eigenvalue weighted by Crippen LogP contribution is 2.30. The topological polar surface area (TPSA) is 65.7 Å².